The minimum absolute atomic E-state index is 0.128. The zero-order valence-corrected chi connectivity index (χ0v) is 30.4. The van der Waals surface area contributed by atoms with Gasteiger partial charge in [0.2, 0.25) is 0 Å². The van der Waals surface area contributed by atoms with Gasteiger partial charge in [0, 0.05) is 25.2 Å². The van der Waals surface area contributed by atoms with E-state index in [-0.39, 0.29) is 23.6 Å². The molecular weight excluding hydrogens is 575 g/mol. The fourth-order valence-electron chi connectivity index (χ4n) is 5.29. The Kier molecular flexibility index (Phi) is 18.1. The first kappa shape index (κ1) is 40.5. The van der Waals surface area contributed by atoms with E-state index in [0.717, 1.165) is 24.0 Å². The van der Waals surface area contributed by atoms with Gasteiger partial charge in [-0.2, -0.15) is 0 Å². The summed E-state index contributed by atoms with van der Waals surface area (Å²) in [5.74, 6) is 0.865. The van der Waals surface area contributed by atoms with E-state index in [1.165, 1.54) is 51.5 Å². The van der Waals surface area contributed by atoms with Gasteiger partial charge in [-0.25, -0.2) is 14.2 Å². The van der Waals surface area contributed by atoms with Gasteiger partial charge < -0.3 is 10.0 Å². The van der Waals surface area contributed by atoms with Gasteiger partial charge in [0.05, 0.1) is 5.57 Å². The number of ketones is 1. The summed E-state index contributed by atoms with van der Waals surface area (Å²) in [4.78, 5) is 29.8. The Morgan fingerprint density at radius 3 is 2.26 bits per heavy atom. The van der Waals surface area contributed by atoms with Crippen molar-refractivity contribution in [2.75, 3.05) is 7.05 Å². The Hall–Kier alpha value is -3.54. The topological polar surface area (TPSA) is 70.0 Å². The third kappa shape index (κ3) is 12.0. The third-order valence-electron chi connectivity index (χ3n) is 8.46. The molecule has 0 bridgehead atoms. The van der Waals surface area contributed by atoms with Crippen LogP contribution in [0.1, 0.15) is 131 Å². The first-order chi connectivity index (χ1) is 21.8. The minimum Gasteiger partial charge on any atom is -0.478 e. The number of allylic oxidation sites excluding steroid dienone is 6. The number of unbranched alkanes of at least 4 members (excludes halogenated alkanes) is 2. The van der Waals surface area contributed by atoms with Crippen molar-refractivity contribution in [2.24, 2.45) is 16.8 Å². The van der Waals surface area contributed by atoms with Crippen LogP contribution in [0.3, 0.4) is 0 Å². The van der Waals surface area contributed by atoms with Crippen LogP contribution < -0.4 is 0 Å². The molecule has 0 saturated heterocycles. The number of hydrogen-bond donors (Lipinski definition) is 1. The standard InChI is InChI=1S/C26H27FN2O3.C12H26.C2H6/c1-6-17(13-24-28-23(16(4)30)14-19(7-2)29(24)5)21-11-9-18-8-10-20(26(31)32)15(3)12-22(18)25(21)27;1-5-12(4)10-8-6-7-9-11(2)3;1-2/h6,8-11,13-14H,7,12H2,1-5H3,(H,31,32);11-12H,5-10H2,1-4H3;1-2H3/b17-6+,24-13-;;. The molecule has 1 aliphatic carbocycles. The van der Waals surface area contributed by atoms with Crippen molar-refractivity contribution in [3.63, 3.8) is 0 Å². The molecule has 0 fully saturated rings. The smallest absolute Gasteiger partial charge is 0.335 e. The van der Waals surface area contributed by atoms with Gasteiger partial charge in [0.25, 0.3) is 0 Å². The molecule has 5 nitrogen and oxygen atoms in total. The van der Waals surface area contributed by atoms with Crippen molar-refractivity contribution >= 4 is 29.1 Å². The van der Waals surface area contributed by atoms with Crippen LogP contribution in [-0.2, 0) is 16.0 Å². The molecule has 3 rings (SSSR count). The average Bonchev–Trinajstić information content (AvgIpc) is 3.20. The number of rotatable bonds is 12. The summed E-state index contributed by atoms with van der Waals surface area (Å²) in [6.45, 7) is 20.3. The molecule has 2 aliphatic rings. The van der Waals surface area contributed by atoms with Crippen LogP contribution in [0.25, 0.3) is 11.6 Å². The van der Waals surface area contributed by atoms with Crippen LogP contribution in [0.4, 0.5) is 4.39 Å². The van der Waals surface area contributed by atoms with E-state index >= 15 is 4.39 Å². The van der Waals surface area contributed by atoms with Gasteiger partial charge in [-0.05, 0) is 73.5 Å². The fourth-order valence-corrected chi connectivity index (χ4v) is 5.29. The van der Waals surface area contributed by atoms with Gasteiger partial charge in [0.1, 0.15) is 17.3 Å². The second-order valence-corrected chi connectivity index (χ2v) is 12.4. The van der Waals surface area contributed by atoms with Crippen LogP contribution in [0, 0.1) is 17.7 Å². The van der Waals surface area contributed by atoms with E-state index in [4.69, 9.17) is 0 Å². The van der Waals surface area contributed by atoms with E-state index in [0.29, 0.717) is 39.4 Å². The number of aliphatic carboxylic acids is 1. The Balaban J connectivity index is 0.000000638. The van der Waals surface area contributed by atoms with Crippen LogP contribution in [0.2, 0.25) is 0 Å². The van der Waals surface area contributed by atoms with Gasteiger partial charge in [0.15, 0.2) is 5.78 Å². The normalized spacial score (nSPS) is 16.1. The highest BCUT2D eigenvalue weighted by Gasteiger charge is 2.22. The van der Waals surface area contributed by atoms with Crippen molar-refractivity contribution in [1.29, 1.82) is 0 Å². The van der Waals surface area contributed by atoms with Crippen LogP contribution in [0.15, 0.2) is 64.1 Å². The molecular formula is C40H59FN2O3. The largest absolute Gasteiger partial charge is 0.478 e. The predicted octanol–water partition coefficient (Wildman–Crippen LogP) is 11.0. The van der Waals surface area contributed by atoms with E-state index in [1.807, 2.05) is 39.6 Å². The predicted molar refractivity (Wildman–Crippen MR) is 194 cm³/mol. The molecule has 1 aromatic rings. The summed E-state index contributed by atoms with van der Waals surface area (Å²) in [5, 5.41) is 9.41. The lowest BCUT2D eigenvalue weighted by molar-refractivity contribution is -0.132. The van der Waals surface area contributed by atoms with Gasteiger partial charge >= 0.3 is 5.97 Å². The molecule has 0 saturated carbocycles. The zero-order chi connectivity index (χ0) is 35.0. The second-order valence-electron chi connectivity index (χ2n) is 12.4. The Morgan fingerprint density at radius 1 is 1.07 bits per heavy atom. The van der Waals surface area contributed by atoms with E-state index in [9.17, 15) is 14.7 Å². The summed E-state index contributed by atoms with van der Waals surface area (Å²) >= 11 is 0. The van der Waals surface area contributed by atoms with Crippen molar-refractivity contribution in [3.8, 4) is 0 Å². The number of aliphatic imine (C=N–C) groups is 1. The molecule has 46 heavy (non-hydrogen) atoms. The maximum atomic E-state index is 15.7. The molecule has 1 heterocycles. The molecule has 254 valence electrons. The molecule has 1 N–H and O–H groups in total. The number of hydrogen-bond acceptors (Lipinski definition) is 4. The highest BCUT2D eigenvalue weighted by Crippen LogP contribution is 2.32. The SMILES string of the molecule is C/C=C(\C=C1\N=C(C(C)=O)C=C(CC)N1C)c1ccc2c(c1F)CC(C)=C(C(=O)O)C=C2.CC.CCC(C)CCCCCC(C)C. The average molecular weight is 635 g/mol. The molecule has 1 unspecified atom stereocenters. The van der Waals surface area contributed by atoms with Gasteiger partial charge in [-0.1, -0.05) is 117 Å². The summed E-state index contributed by atoms with van der Waals surface area (Å²) in [6.07, 6.45) is 18.0. The molecule has 0 amide bonds. The van der Waals surface area contributed by atoms with Crippen molar-refractivity contribution in [1.82, 2.24) is 4.90 Å². The highest BCUT2D eigenvalue weighted by atomic mass is 19.1. The first-order valence-electron chi connectivity index (χ1n) is 17.2. The number of nitrogens with zero attached hydrogens (tertiary/aromatic N) is 2. The lowest BCUT2D eigenvalue weighted by Crippen LogP contribution is -2.24. The molecule has 6 heteroatoms. The lowest BCUT2D eigenvalue weighted by Gasteiger charge is -2.26. The number of carbonyl (C=O) groups is 2. The number of carbonyl (C=O) groups excluding carboxylic acids is 1. The number of carboxylic acid groups (broad SMARTS) is 1. The number of halogens is 1. The second kappa shape index (κ2) is 20.6. The first-order valence-corrected chi connectivity index (χ1v) is 17.2. The molecule has 1 aliphatic heterocycles. The Bertz CT molecular complexity index is 1370. The van der Waals surface area contributed by atoms with E-state index in [2.05, 4.69) is 32.7 Å². The highest BCUT2D eigenvalue weighted by molar-refractivity contribution is 6.44. The number of benzene rings is 1. The quantitative estimate of drug-likeness (QED) is 0.232. The third-order valence-corrected chi connectivity index (χ3v) is 8.46. The maximum absolute atomic E-state index is 15.7. The van der Waals surface area contributed by atoms with Crippen molar-refractivity contribution in [3.05, 3.63) is 81.6 Å². The minimum atomic E-state index is -1.02. The number of fused-ring (bicyclic) bond motifs is 1. The van der Waals surface area contributed by atoms with E-state index < -0.39 is 5.97 Å². The summed E-state index contributed by atoms with van der Waals surface area (Å²) in [5.41, 5.74) is 4.26. The monoisotopic (exact) mass is 634 g/mol. The lowest BCUT2D eigenvalue weighted by atomic mass is 9.94. The van der Waals surface area contributed by atoms with Crippen molar-refractivity contribution < 1.29 is 19.1 Å². The molecule has 1 aromatic carbocycles. The number of Topliss-reactive ketones (excluding diaryl/α,β-unsaturated/α-hetero) is 1. The fraction of sp³-hybridized carbons (Fsp3) is 0.525. The Labute approximate surface area is 278 Å². The summed E-state index contributed by atoms with van der Waals surface area (Å²) in [6, 6.07) is 3.50. The Morgan fingerprint density at radius 2 is 1.72 bits per heavy atom. The van der Waals surface area contributed by atoms with Crippen LogP contribution in [-0.4, -0.2) is 34.5 Å². The van der Waals surface area contributed by atoms with Gasteiger partial charge in [-0.15, -0.1) is 0 Å². The summed E-state index contributed by atoms with van der Waals surface area (Å²) in [7, 11) is 1.87. The molecule has 0 spiro atoms. The van der Waals surface area contributed by atoms with Gasteiger partial charge in [-0.3, -0.25) is 4.79 Å². The van der Waals surface area contributed by atoms with Crippen molar-refractivity contribution in [2.45, 2.75) is 121 Å². The van der Waals surface area contributed by atoms with E-state index in [1.54, 1.807) is 43.4 Å². The van der Waals surface area contributed by atoms with Crippen LogP contribution in [0.5, 0.6) is 0 Å². The number of carboxylic acids is 1. The maximum Gasteiger partial charge on any atom is 0.335 e. The van der Waals surface area contributed by atoms with Crippen LogP contribution >= 0.6 is 0 Å². The zero-order valence-electron chi connectivity index (χ0n) is 30.4. The summed E-state index contributed by atoms with van der Waals surface area (Å²) < 4.78 is 15.7. The molecule has 1 atom stereocenters. The molecule has 0 radical (unpaired) electrons. The molecule has 0 aromatic heterocycles.